The zero-order valence-electron chi connectivity index (χ0n) is 21.7. The molecule has 0 N–H and O–H groups in total. The van der Waals surface area contributed by atoms with E-state index in [1.807, 2.05) is 0 Å². The van der Waals surface area contributed by atoms with E-state index in [1.54, 1.807) is 0 Å². The largest absolute Gasteiger partial charge is 0.297 e. The molecule has 174 valence electrons. The summed E-state index contributed by atoms with van der Waals surface area (Å²) in [4.78, 5) is 5.47. The van der Waals surface area contributed by atoms with Gasteiger partial charge in [0.1, 0.15) is 5.52 Å². The zero-order chi connectivity index (χ0) is 24.6. The third kappa shape index (κ3) is 3.04. The molecule has 0 spiro atoms. The first-order valence-corrected chi connectivity index (χ1v) is 12.4. The lowest BCUT2D eigenvalue weighted by molar-refractivity contribution is -0.617. The second kappa shape index (κ2) is 7.39. The Labute approximate surface area is 206 Å². The molecule has 35 heavy (non-hydrogen) atoms. The van der Waals surface area contributed by atoms with Gasteiger partial charge >= 0.3 is 0 Å². The van der Waals surface area contributed by atoms with Gasteiger partial charge in [-0.2, -0.15) is 4.40 Å². The van der Waals surface area contributed by atoms with E-state index in [0.29, 0.717) is 0 Å². The Morgan fingerprint density at radius 1 is 0.743 bits per heavy atom. The van der Waals surface area contributed by atoms with Gasteiger partial charge in [0.15, 0.2) is 11.0 Å². The van der Waals surface area contributed by atoms with Crippen LogP contribution in [0.2, 0.25) is 0 Å². The van der Waals surface area contributed by atoms with Crippen LogP contribution in [0.15, 0.2) is 66.7 Å². The van der Waals surface area contributed by atoms with Crippen LogP contribution in [0.1, 0.15) is 43.0 Å². The normalized spacial score (nSPS) is 12.4. The molecule has 6 aromatic rings. The number of imidazole rings is 1. The number of benzene rings is 3. The number of aromatic nitrogens is 3. The standard InChI is InChI=1S/C32H32N3/c1-19-12-10-13-20(2)27(19)23-18-21(3)28-30(33-23)29-22(32(4,5)6)14-11-17-26(29)35-25-16-9-8-15-24(25)34(7)31(28)35/h8-18H,1-7H3/q+1. The third-order valence-corrected chi connectivity index (χ3v) is 7.52. The van der Waals surface area contributed by atoms with Gasteiger partial charge < -0.3 is 0 Å². The lowest BCUT2D eigenvalue weighted by Gasteiger charge is -2.22. The van der Waals surface area contributed by atoms with Gasteiger partial charge in [-0.15, -0.1) is 0 Å². The molecule has 0 aliphatic carbocycles. The number of hydrogen-bond acceptors (Lipinski definition) is 1. The fraction of sp³-hybridized carbons (Fsp3) is 0.250. The van der Waals surface area contributed by atoms with Crippen LogP contribution in [-0.4, -0.2) is 9.38 Å². The van der Waals surface area contributed by atoms with Crippen LogP contribution in [0.5, 0.6) is 0 Å². The second-order valence-electron chi connectivity index (χ2n) is 11.0. The van der Waals surface area contributed by atoms with Crippen LogP contribution in [0, 0.1) is 20.8 Å². The van der Waals surface area contributed by atoms with Crippen molar-refractivity contribution in [3.05, 3.63) is 89.0 Å². The van der Waals surface area contributed by atoms with E-state index in [-0.39, 0.29) is 5.41 Å². The molecule has 3 aromatic heterocycles. The van der Waals surface area contributed by atoms with E-state index in [0.717, 1.165) is 11.2 Å². The van der Waals surface area contributed by atoms with E-state index in [4.69, 9.17) is 4.98 Å². The molecule has 0 saturated heterocycles. The van der Waals surface area contributed by atoms with Gasteiger partial charge in [0.25, 0.3) is 5.65 Å². The molecule has 0 amide bonds. The Morgan fingerprint density at radius 2 is 1.40 bits per heavy atom. The summed E-state index contributed by atoms with van der Waals surface area (Å²) in [6.07, 6.45) is 0. The molecule has 3 heterocycles. The van der Waals surface area contributed by atoms with Gasteiger partial charge in [-0.05, 0) is 72.7 Å². The van der Waals surface area contributed by atoms with Crippen molar-refractivity contribution >= 4 is 38.5 Å². The van der Waals surface area contributed by atoms with Crippen molar-refractivity contribution in [2.75, 3.05) is 0 Å². The molecule has 3 nitrogen and oxygen atoms in total. The van der Waals surface area contributed by atoms with Crippen LogP contribution in [0.25, 0.3) is 49.7 Å². The third-order valence-electron chi connectivity index (χ3n) is 7.52. The van der Waals surface area contributed by atoms with Gasteiger partial charge in [0.05, 0.1) is 29.0 Å². The summed E-state index contributed by atoms with van der Waals surface area (Å²) in [5.74, 6) is 0. The predicted molar refractivity (Wildman–Crippen MR) is 147 cm³/mol. The number of fused-ring (bicyclic) bond motifs is 8. The molecular weight excluding hydrogens is 426 g/mol. The van der Waals surface area contributed by atoms with E-state index in [1.165, 1.54) is 60.8 Å². The molecule has 3 heteroatoms. The van der Waals surface area contributed by atoms with Crippen molar-refractivity contribution in [2.24, 2.45) is 7.05 Å². The monoisotopic (exact) mass is 458 g/mol. The summed E-state index contributed by atoms with van der Waals surface area (Å²) >= 11 is 0. The summed E-state index contributed by atoms with van der Waals surface area (Å²) in [6.45, 7) is 13.5. The molecule has 0 saturated carbocycles. The fourth-order valence-electron chi connectivity index (χ4n) is 5.92. The summed E-state index contributed by atoms with van der Waals surface area (Å²) in [7, 11) is 2.18. The fourth-order valence-corrected chi connectivity index (χ4v) is 5.92. The topological polar surface area (TPSA) is 21.2 Å². The highest BCUT2D eigenvalue weighted by Gasteiger charge is 2.29. The molecule has 0 aliphatic heterocycles. The van der Waals surface area contributed by atoms with Crippen molar-refractivity contribution in [1.29, 1.82) is 0 Å². The van der Waals surface area contributed by atoms with Crippen molar-refractivity contribution in [2.45, 2.75) is 47.0 Å². The molecule has 0 atom stereocenters. The zero-order valence-corrected chi connectivity index (χ0v) is 21.7. The summed E-state index contributed by atoms with van der Waals surface area (Å²) in [5, 5.41) is 2.47. The van der Waals surface area contributed by atoms with Crippen LogP contribution < -0.4 is 4.57 Å². The van der Waals surface area contributed by atoms with Crippen LogP contribution in [0.3, 0.4) is 0 Å². The number of aryl methyl sites for hydroxylation is 4. The Bertz CT molecular complexity index is 1790. The molecule has 0 aliphatic rings. The maximum Gasteiger partial charge on any atom is 0.297 e. The minimum Gasteiger partial charge on any atom is -0.247 e. The molecule has 0 unspecified atom stereocenters. The Kier molecular flexibility index (Phi) is 4.60. The summed E-state index contributed by atoms with van der Waals surface area (Å²) < 4.78 is 4.77. The van der Waals surface area contributed by atoms with Crippen LogP contribution in [0.4, 0.5) is 0 Å². The Morgan fingerprint density at radius 3 is 2.11 bits per heavy atom. The van der Waals surface area contributed by atoms with E-state index in [9.17, 15) is 0 Å². The summed E-state index contributed by atoms with van der Waals surface area (Å²) in [6, 6.07) is 24.2. The van der Waals surface area contributed by atoms with Crippen molar-refractivity contribution in [3.8, 4) is 11.3 Å². The molecule has 0 radical (unpaired) electrons. The van der Waals surface area contributed by atoms with Gasteiger partial charge in [-0.3, -0.25) is 0 Å². The second-order valence-corrected chi connectivity index (χ2v) is 11.0. The Hall–Kier alpha value is -3.72. The van der Waals surface area contributed by atoms with Crippen LogP contribution in [-0.2, 0) is 12.5 Å². The minimum absolute atomic E-state index is 0.0184. The smallest absolute Gasteiger partial charge is 0.247 e. The van der Waals surface area contributed by atoms with E-state index >= 15 is 0 Å². The van der Waals surface area contributed by atoms with Gasteiger partial charge in [0.2, 0.25) is 0 Å². The first-order chi connectivity index (χ1) is 16.7. The van der Waals surface area contributed by atoms with E-state index < -0.39 is 0 Å². The molecule has 6 rings (SSSR count). The number of hydrogen-bond donors (Lipinski definition) is 0. The van der Waals surface area contributed by atoms with Gasteiger partial charge in [0, 0.05) is 5.56 Å². The van der Waals surface area contributed by atoms with Gasteiger partial charge in [-0.1, -0.05) is 63.2 Å². The molecule has 3 aromatic carbocycles. The van der Waals surface area contributed by atoms with Crippen molar-refractivity contribution < 1.29 is 4.57 Å². The highest BCUT2D eigenvalue weighted by molar-refractivity contribution is 6.14. The molecule has 0 fully saturated rings. The lowest BCUT2D eigenvalue weighted by atomic mass is 9.83. The lowest BCUT2D eigenvalue weighted by Crippen LogP contribution is -2.27. The van der Waals surface area contributed by atoms with Crippen molar-refractivity contribution in [1.82, 2.24) is 9.38 Å². The molecule has 0 bridgehead atoms. The maximum absolute atomic E-state index is 5.47. The number of nitrogens with zero attached hydrogens (tertiary/aromatic N) is 3. The number of pyridine rings is 2. The van der Waals surface area contributed by atoms with Crippen LogP contribution >= 0.6 is 0 Å². The summed E-state index contributed by atoms with van der Waals surface area (Å²) in [5.41, 5.74) is 13.3. The minimum atomic E-state index is -0.0184. The predicted octanol–water partition coefficient (Wildman–Crippen LogP) is 7.51. The highest BCUT2D eigenvalue weighted by atomic mass is 15.1. The van der Waals surface area contributed by atoms with Crippen molar-refractivity contribution in [3.63, 3.8) is 0 Å². The average molecular weight is 459 g/mol. The first kappa shape index (κ1) is 21.8. The quantitative estimate of drug-likeness (QED) is 0.184. The highest BCUT2D eigenvalue weighted by Crippen LogP contribution is 2.39. The van der Waals surface area contributed by atoms with Gasteiger partial charge in [-0.25, -0.2) is 9.55 Å². The Balaban J connectivity index is 1.94. The number of rotatable bonds is 1. The first-order valence-electron chi connectivity index (χ1n) is 12.4. The number of para-hydroxylation sites is 2. The average Bonchev–Trinajstić information content (AvgIpc) is 3.11. The SMILES string of the molecule is Cc1cccc(C)c1-c1cc(C)c2c(n1)c1c(C(C)(C)C)cccc1n1c3ccccc3[n+](C)c21. The van der Waals surface area contributed by atoms with E-state index in [2.05, 4.69) is 124 Å². The maximum atomic E-state index is 5.47. The molecular formula is C32H32N3+.